The highest BCUT2D eigenvalue weighted by Gasteiger charge is 2.25. The molecule has 110 valence electrons. The van der Waals surface area contributed by atoms with E-state index in [0.29, 0.717) is 11.0 Å². The number of aliphatic hydroxyl groups excluding tert-OH is 1. The first kappa shape index (κ1) is 15.4. The summed E-state index contributed by atoms with van der Waals surface area (Å²) in [6, 6.07) is 4.50. The van der Waals surface area contributed by atoms with Crippen LogP contribution < -0.4 is 5.32 Å². The van der Waals surface area contributed by atoms with Gasteiger partial charge in [-0.15, -0.1) is 0 Å². The summed E-state index contributed by atoms with van der Waals surface area (Å²) in [6.07, 6.45) is 0.460. The van der Waals surface area contributed by atoms with Gasteiger partial charge in [0.1, 0.15) is 5.82 Å². The molecule has 1 aromatic carbocycles. The molecule has 1 aliphatic rings. The number of nitrogens with zero attached hydrogens (tertiary/aromatic N) is 1. The third-order valence-electron chi connectivity index (χ3n) is 3.58. The largest absolute Gasteiger partial charge is 0.392 e. The minimum Gasteiger partial charge on any atom is -0.392 e. The SMILES string of the molecule is CC1CCN(CC(=O)Nc2ccc(Br)cc2F)CC1O. The maximum Gasteiger partial charge on any atom is 0.238 e. The second-order valence-electron chi connectivity index (χ2n) is 5.24. The van der Waals surface area contributed by atoms with Crippen molar-refractivity contribution in [1.29, 1.82) is 0 Å². The molecule has 1 amide bonds. The number of carbonyl (C=O) groups excluding carboxylic acids is 1. The van der Waals surface area contributed by atoms with Gasteiger partial charge in [-0.3, -0.25) is 9.69 Å². The van der Waals surface area contributed by atoms with Gasteiger partial charge in [-0.05, 0) is 37.1 Å². The summed E-state index contributed by atoms with van der Waals surface area (Å²) >= 11 is 3.17. The Kier molecular flexibility index (Phi) is 5.12. The Labute approximate surface area is 126 Å². The Morgan fingerprint density at radius 1 is 1.60 bits per heavy atom. The van der Waals surface area contributed by atoms with Crippen molar-refractivity contribution in [2.45, 2.75) is 19.4 Å². The lowest BCUT2D eigenvalue weighted by atomic mass is 9.96. The molecule has 1 heterocycles. The molecule has 4 nitrogen and oxygen atoms in total. The predicted octanol–water partition coefficient (Wildman–Crippen LogP) is 2.23. The Bertz CT molecular complexity index is 498. The average Bonchev–Trinajstić information content (AvgIpc) is 2.37. The quantitative estimate of drug-likeness (QED) is 0.883. The molecule has 20 heavy (non-hydrogen) atoms. The molecule has 1 aromatic rings. The van der Waals surface area contributed by atoms with E-state index in [2.05, 4.69) is 21.2 Å². The summed E-state index contributed by atoms with van der Waals surface area (Å²) in [5.41, 5.74) is 0.170. The van der Waals surface area contributed by atoms with Crippen LogP contribution in [0.5, 0.6) is 0 Å². The van der Waals surface area contributed by atoms with Gasteiger partial charge in [-0.2, -0.15) is 0 Å². The van der Waals surface area contributed by atoms with E-state index >= 15 is 0 Å². The average molecular weight is 345 g/mol. The fraction of sp³-hybridized carbons (Fsp3) is 0.500. The van der Waals surface area contributed by atoms with E-state index in [0.717, 1.165) is 13.0 Å². The number of hydrogen-bond acceptors (Lipinski definition) is 3. The molecule has 1 saturated heterocycles. The van der Waals surface area contributed by atoms with E-state index < -0.39 is 11.9 Å². The zero-order valence-corrected chi connectivity index (χ0v) is 12.9. The first-order valence-corrected chi connectivity index (χ1v) is 7.40. The molecule has 0 bridgehead atoms. The van der Waals surface area contributed by atoms with Crippen molar-refractivity contribution in [3.05, 3.63) is 28.5 Å². The van der Waals surface area contributed by atoms with Crippen molar-refractivity contribution < 1.29 is 14.3 Å². The van der Waals surface area contributed by atoms with Gasteiger partial charge in [0.05, 0.1) is 18.3 Å². The van der Waals surface area contributed by atoms with Crippen LogP contribution in [0.25, 0.3) is 0 Å². The summed E-state index contributed by atoms with van der Waals surface area (Å²) in [4.78, 5) is 13.8. The van der Waals surface area contributed by atoms with Crippen LogP contribution in [0.1, 0.15) is 13.3 Å². The topological polar surface area (TPSA) is 52.6 Å². The molecular formula is C14H18BrFN2O2. The summed E-state index contributed by atoms with van der Waals surface area (Å²) in [5.74, 6) is -0.480. The van der Waals surface area contributed by atoms with Gasteiger partial charge < -0.3 is 10.4 Å². The highest BCUT2D eigenvalue weighted by atomic mass is 79.9. The molecule has 1 aliphatic heterocycles. The number of nitrogens with one attached hydrogen (secondary N) is 1. The van der Waals surface area contributed by atoms with Crippen LogP contribution in [0.15, 0.2) is 22.7 Å². The number of β-amino-alcohol motifs (C(OH)–C–C–N with tert-alkyl or cyclic N) is 1. The molecule has 2 atom stereocenters. The van der Waals surface area contributed by atoms with Gasteiger partial charge in [0.25, 0.3) is 0 Å². The highest BCUT2D eigenvalue weighted by molar-refractivity contribution is 9.10. The zero-order chi connectivity index (χ0) is 14.7. The van der Waals surface area contributed by atoms with Crippen molar-refractivity contribution in [1.82, 2.24) is 4.90 Å². The van der Waals surface area contributed by atoms with E-state index in [1.807, 2.05) is 11.8 Å². The van der Waals surface area contributed by atoms with Crippen LogP contribution in [0.3, 0.4) is 0 Å². The molecular weight excluding hydrogens is 327 g/mol. The zero-order valence-electron chi connectivity index (χ0n) is 11.3. The van der Waals surface area contributed by atoms with Gasteiger partial charge >= 0.3 is 0 Å². The Morgan fingerprint density at radius 3 is 3.00 bits per heavy atom. The smallest absolute Gasteiger partial charge is 0.238 e. The third kappa shape index (κ3) is 4.01. The normalized spacial score (nSPS) is 23.6. The van der Waals surface area contributed by atoms with Crippen molar-refractivity contribution in [3.63, 3.8) is 0 Å². The number of halogens is 2. The Hall–Kier alpha value is -0.980. The monoisotopic (exact) mass is 344 g/mol. The number of hydrogen-bond donors (Lipinski definition) is 2. The lowest BCUT2D eigenvalue weighted by molar-refractivity contribution is -0.118. The molecule has 2 rings (SSSR count). The van der Waals surface area contributed by atoms with Gasteiger partial charge in [-0.25, -0.2) is 4.39 Å². The summed E-state index contributed by atoms with van der Waals surface area (Å²) in [5, 5.41) is 12.3. The lowest BCUT2D eigenvalue weighted by Gasteiger charge is -2.33. The second kappa shape index (κ2) is 6.65. The van der Waals surface area contributed by atoms with Gasteiger partial charge in [0.2, 0.25) is 5.91 Å². The molecule has 1 fully saturated rings. The minimum absolute atomic E-state index is 0.166. The predicted molar refractivity (Wildman–Crippen MR) is 79.0 cm³/mol. The lowest BCUT2D eigenvalue weighted by Crippen LogP contribution is -2.45. The number of carbonyl (C=O) groups is 1. The van der Waals surface area contributed by atoms with E-state index in [1.165, 1.54) is 12.1 Å². The van der Waals surface area contributed by atoms with Crippen LogP contribution >= 0.6 is 15.9 Å². The number of benzene rings is 1. The summed E-state index contributed by atoms with van der Waals surface area (Å²) in [7, 11) is 0. The molecule has 6 heteroatoms. The van der Waals surface area contributed by atoms with E-state index in [4.69, 9.17) is 0 Å². The molecule has 2 N–H and O–H groups in total. The van der Waals surface area contributed by atoms with E-state index in [1.54, 1.807) is 6.07 Å². The summed E-state index contributed by atoms with van der Waals surface area (Å²) < 4.78 is 14.2. The van der Waals surface area contributed by atoms with Crippen molar-refractivity contribution in [3.8, 4) is 0 Å². The van der Waals surface area contributed by atoms with Crippen LogP contribution in [0, 0.1) is 11.7 Å². The van der Waals surface area contributed by atoms with Gasteiger partial charge in [0.15, 0.2) is 0 Å². The molecule has 0 radical (unpaired) electrons. The minimum atomic E-state index is -0.472. The van der Waals surface area contributed by atoms with Gasteiger partial charge in [-0.1, -0.05) is 22.9 Å². The van der Waals surface area contributed by atoms with Crippen molar-refractivity contribution >= 4 is 27.5 Å². The van der Waals surface area contributed by atoms with Crippen LogP contribution in [0.4, 0.5) is 10.1 Å². The standard InChI is InChI=1S/C14H18BrFN2O2/c1-9-4-5-18(7-13(9)19)8-14(20)17-12-3-2-10(15)6-11(12)16/h2-3,6,9,13,19H,4-5,7-8H2,1H3,(H,17,20). The highest BCUT2D eigenvalue weighted by Crippen LogP contribution is 2.20. The van der Waals surface area contributed by atoms with Crippen molar-refractivity contribution in [2.24, 2.45) is 5.92 Å². The summed E-state index contributed by atoms with van der Waals surface area (Å²) in [6.45, 7) is 3.42. The number of anilines is 1. The molecule has 0 aromatic heterocycles. The Morgan fingerprint density at radius 2 is 2.35 bits per heavy atom. The number of aliphatic hydroxyl groups is 1. The van der Waals surface area contributed by atoms with E-state index in [9.17, 15) is 14.3 Å². The second-order valence-corrected chi connectivity index (χ2v) is 6.16. The molecule has 2 unspecified atom stereocenters. The van der Waals surface area contributed by atoms with Gasteiger partial charge in [0, 0.05) is 11.0 Å². The van der Waals surface area contributed by atoms with Crippen molar-refractivity contribution in [2.75, 3.05) is 25.0 Å². The van der Waals surface area contributed by atoms with E-state index in [-0.39, 0.29) is 24.1 Å². The number of likely N-dealkylation sites (tertiary alicyclic amines) is 1. The maximum absolute atomic E-state index is 13.6. The third-order valence-corrected chi connectivity index (χ3v) is 4.07. The fourth-order valence-corrected chi connectivity index (χ4v) is 2.57. The molecule has 0 saturated carbocycles. The number of rotatable bonds is 3. The molecule has 0 spiro atoms. The van der Waals surface area contributed by atoms with Crippen LogP contribution in [0.2, 0.25) is 0 Å². The molecule has 0 aliphatic carbocycles. The number of piperidine rings is 1. The first-order chi connectivity index (χ1) is 9.45. The first-order valence-electron chi connectivity index (χ1n) is 6.61. The van der Waals surface area contributed by atoms with Crippen LogP contribution in [-0.4, -0.2) is 41.7 Å². The maximum atomic E-state index is 13.6. The Balaban J connectivity index is 1.89. The fourth-order valence-electron chi connectivity index (χ4n) is 2.24. The number of amides is 1. The van der Waals surface area contributed by atoms with Crippen LogP contribution in [-0.2, 0) is 4.79 Å².